The maximum Gasteiger partial charge on any atom is 0.0572 e. The van der Waals surface area contributed by atoms with Crippen LogP contribution in [0.15, 0.2) is 0 Å². The molecular weight excluding hydrogens is 102 g/mol. The summed E-state index contributed by atoms with van der Waals surface area (Å²) in [5, 5.41) is 0. The van der Waals surface area contributed by atoms with E-state index < -0.39 is 0 Å². The third-order valence-electron chi connectivity index (χ3n) is 1.66. The normalized spacial score (nSPS) is 36.8. The fourth-order valence-electron chi connectivity index (χ4n) is 1.17. The number of hydrogen-bond acceptors (Lipinski definition) is 2. The fourth-order valence-corrected chi connectivity index (χ4v) is 1.17. The first-order valence-corrected chi connectivity index (χ1v) is 3.11. The van der Waals surface area contributed by atoms with E-state index in [0.29, 0.717) is 6.04 Å². The Morgan fingerprint density at radius 3 is 2.50 bits per heavy atom. The lowest BCUT2D eigenvalue weighted by Crippen LogP contribution is -2.39. The molecular formula is C6H13NO. The van der Waals surface area contributed by atoms with Crippen LogP contribution in [0.5, 0.6) is 0 Å². The molecule has 2 nitrogen and oxygen atoms in total. The molecule has 1 fully saturated rings. The smallest absolute Gasteiger partial charge is 0.0572 e. The predicted octanol–water partition coefficient (Wildman–Crippen LogP) is 0.936. The van der Waals surface area contributed by atoms with Gasteiger partial charge in [-0.05, 0) is 18.8 Å². The molecule has 2 heteroatoms. The summed E-state index contributed by atoms with van der Waals surface area (Å²) in [5.74, 6) is 0.905. The Balaban J connectivity index is 1.98. The molecule has 1 aliphatic carbocycles. The molecule has 0 heterocycles. The van der Waals surface area contributed by atoms with E-state index in [2.05, 4.69) is 12.4 Å². The summed E-state index contributed by atoms with van der Waals surface area (Å²) in [6.07, 6.45) is 2.54. The molecule has 0 spiro atoms. The standard InChI is InChI=1S/C6H13NO/c1-5-3-6(4-5)7-8-2/h5-7H,3-4H2,1-2H3. The number of rotatable bonds is 2. The summed E-state index contributed by atoms with van der Waals surface area (Å²) in [4.78, 5) is 4.74. The summed E-state index contributed by atoms with van der Waals surface area (Å²) in [7, 11) is 1.67. The van der Waals surface area contributed by atoms with Gasteiger partial charge in [0.1, 0.15) is 0 Å². The van der Waals surface area contributed by atoms with Crippen LogP contribution < -0.4 is 5.48 Å². The SMILES string of the molecule is CONC1CC(C)C1. The van der Waals surface area contributed by atoms with Crippen molar-refractivity contribution in [1.82, 2.24) is 5.48 Å². The zero-order valence-electron chi connectivity index (χ0n) is 5.48. The van der Waals surface area contributed by atoms with E-state index in [-0.39, 0.29) is 0 Å². The molecule has 0 aromatic rings. The molecule has 0 amide bonds. The Morgan fingerprint density at radius 2 is 2.12 bits per heavy atom. The Labute approximate surface area is 50.2 Å². The van der Waals surface area contributed by atoms with Crippen molar-refractivity contribution in [2.24, 2.45) is 5.92 Å². The molecule has 1 saturated carbocycles. The van der Waals surface area contributed by atoms with E-state index in [1.54, 1.807) is 7.11 Å². The van der Waals surface area contributed by atoms with Crippen LogP contribution in [-0.2, 0) is 4.84 Å². The molecule has 0 radical (unpaired) electrons. The molecule has 0 atom stereocenters. The van der Waals surface area contributed by atoms with Gasteiger partial charge in [0.05, 0.1) is 7.11 Å². The van der Waals surface area contributed by atoms with Gasteiger partial charge < -0.3 is 4.84 Å². The van der Waals surface area contributed by atoms with Crippen LogP contribution in [0, 0.1) is 5.92 Å². The molecule has 8 heavy (non-hydrogen) atoms. The summed E-state index contributed by atoms with van der Waals surface area (Å²) in [5.41, 5.74) is 2.91. The highest BCUT2D eigenvalue weighted by molar-refractivity contribution is 4.79. The van der Waals surface area contributed by atoms with E-state index in [1.807, 2.05) is 0 Å². The first-order valence-electron chi connectivity index (χ1n) is 3.11. The zero-order chi connectivity index (χ0) is 5.98. The van der Waals surface area contributed by atoms with Gasteiger partial charge in [0.25, 0.3) is 0 Å². The van der Waals surface area contributed by atoms with Gasteiger partial charge >= 0.3 is 0 Å². The van der Waals surface area contributed by atoms with Gasteiger partial charge in [0, 0.05) is 6.04 Å². The van der Waals surface area contributed by atoms with Gasteiger partial charge in [0.2, 0.25) is 0 Å². The third kappa shape index (κ3) is 1.20. The van der Waals surface area contributed by atoms with Crippen molar-refractivity contribution in [3.63, 3.8) is 0 Å². The number of hydroxylamine groups is 1. The second kappa shape index (κ2) is 2.46. The topological polar surface area (TPSA) is 21.3 Å². The predicted molar refractivity (Wildman–Crippen MR) is 32.3 cm³/mol. The van der Waals surface area contributed by atoms with E-state index in [9.17, 15) is 0 Å². The molecule has 0 unspecified atom stereocenters. The molecule has 0 saturated heterocycles. The highest BCUT2D eigenvalue weighted by Gasteiger charge is 2.24. The maximum atomic E-state index is 4.74. The van der Waals surface area contributed by atoms with Gasteiger partial charge in [-0.1, -0.05) is 6.92 Å². The minimum absolute atomic E-state index is 0.634. The van der Waals surface area contributed by atoms with E-state index >= 15 is 0 Å². The lowest BCUT2D eigenvalue weighted by molar-refractivity contribution is 0.0189. The molecule has 1 N–H and O–H groups in total. The van der Waals surface area contributed by atoms with Crippen LogP contribution in [0.4, 0.5) is 0 Å². The first-order chi connectivity index (χ1) is 3.83. The van der Waals surface area contributed by atoms with Crippen molar-refractivity contribution >= 4 is 0 Å². The van der Waals surface area contributed by atoms with Crippen LogP contribution in [0.3, 0.4) is 0 Å². The minimum Gasteiger partial charge on any atom is -0.305 e. The summed E-state index contributed by atoms with van der Waals surface area (Å²) in [6.45, 7) is 2.26. The van der Waals surface area contributed by atoms with Gasteiger partial charge in [-0.2, -0.15) is 5.48 Å². The molecule has 0 bridgehead atoms. The van der Waals surface area contributed by atoms with Gasteiger partial charge in [0.15, 0.2) is 0 Å². The van der Waals surface area contributed by atoms with Crippen LogP contribution in [-0.4, -0.2) is 13.2 Å². The van der Waals surface area contributed by atoms with E-state index in [4.69, 9.17) is 4.84 Å². The van der Waals surface area contributed by atoms with Gasteiger partial charge in [-0.3, -0.25) is 0 Å². The number of nitrogens with one attached hydrogen (secondary N) is 1. The van der Waals surface area contributed by atoms with Crippen molar-refractivity contribution in [3.05, 3.63) is 0 Å². The molecule has 0 aromatic carbocycles. The van der Waals surface area contributed by atoms with Crippen LogP contribution in [0.1, 0.15) is 19.8 Å². The second-order valence-electron chi connectivity index (χ2n) is 2.60. The Kier molecular flexibility index (Phi) is 1.86. The van der Waals surface area contributed by atoms with Crippen LogP contribution >= 0.6 is 0 Å². The molecule has 0 aromatic heterocycles. The lowest BCUT2D eigenvalue weighted by Gasteiger charge is -2.32. The van der Waals surface area contributed by atoms with Crippen LogP contribution in [0.25, 0.3) is 0 Å². The van der Waals surface area contributed by atoms with Gasteiger partial charge in [-0.15, -0.1) is 0 Å². The summed E-state index contributed by atoms with van der Waals surface area (Å²) in [6, 6.07) is 0.634. The summed E-state index contributed by atoms with van der Waals surface area (Å²) < 4.78 is 0. The molecule has 1 rings (SSSR count). The minimum atomic E-state index is 0.634. The van der Waals surface area contributed by atoms with Crippen LogP contribution in [0.2, 0.25) is 0 Å². The third-order valence-corrected chi connectivity index (χ3v) is 1.66. The average molecular weight is 115 g/mol. The average Bonchev–Trinajstić information content (AvgIpc) is 1.64. The Bertz CT molecular complexity index is 66.2. The Hall–Kier alpha value is -0.0800. The van der Waals surface area contributed by atoms with Crippen molar-refractivity contribution in [2.75, 3.05) is 7.11 Å². The van der Waals surface area contributed by atoms with E-state index in [0.717, 1.165) is 5.92 Å². The highest BCUT2D eigenvalue weighted by atomic mass is 16.6. The lowest BCUT2D eigenvalue weighted by atomic mass is 9.82. The first kappa shape index (κ1) is 6.05. The van der Waals surface area contributed by atoms with Crippen molar-refractivity contribution in [2.45, 2.75) is 25.8 Å². The second-order valence-corrected chi connectivity index (χ2v) is 2.60. The maximum absolute atomic E-state index is 4.74. The quantitative estimate of drug-likeness (QED) is 0.541. The highest BCUT2D eigenvalue weighted by Crippen LogP contribution is 2.25. The molecule has 48 valence electrons. The monoisotopic (exact) mass is 115 g/mol. The molecule has 1 aliphatic rings. The van der Waals surface area contributed by atoms with Crippen molar-refractivity contribution in [1.29, 1.82) is 0 Å². The van der Waals surface area contributed by atoms with Crippen molar-refractivity contribution in [3.8, 4) is 0 Å². The zero-order valence-corrected chi connectivity index (χ0v) is 5.48. The van der Waals surface area contributed by atoms with E-state index in [1.165, 1.54) is 12.8 Å². The molecule has 0 aliphatic heterocycles. The number of hydrogen-bond donors (Lipinski definition) is 1. The summed E-state index contributed by atoms with van der Waals surface area (Å²) >= 11 is 0. The Morgan fingerprint density at radius 1 is 1.50 bits per heavy atom. The fraction of sp³-hybridized carbons (Fsp3) is 1.00. The van der Waals surface area contributed by atoms with Crippen molar-refractivity contribution < 1.29 is 4.84 Å². The van der Waals surface area contributed by atoms with Gasteiger partial charge in [-0.25, -0.2) is 0 Å². The largest absolute Gasteiger partial charge is 0.305 e.